The van der Waals surface area contributed by atoms with Crippen molar-refractivity contribution in [2.45, 2.75) is 89.6 Å². The summed E-state index contributed by atoms with van der Waals surface area (Å²) >= 11 is 0. The third-order valence-electron chi connectivity index (χ3n) is 6.10. The largest absolute Gasteiger partial charge is 0.369 e. The van der Waals surface area contributed by atoms with Gasteiger partial charge in [0.1, 0.15) is 13.5 Å². The summed E-state index contributed by atoms with van der Waals surface area (Å²) in [5, 5.41) is 0.751. The van der Waals surface area contributed by atoms with E-state index in [1.165, 1.54) is 0 Å². The number of rotatable bonds is 4. The van der Waals surface area contributed by atoms with Gasteiger partial charge in [-0.3, -0.25) is 0 Å². The molecule has 1 heterocycles. The lowest BCUT2D eigenvalue weighted by molar-refractivity contribution is -0.108. The van der Waals surface area contributed by atoms with Gasteiger partial charge in [-0.15, -0.1) is 0 Å². The van der Waals surface area contributed by atoms with Crippen molar-refractivity contribution < 1.29 is 9.53 Å². The standard InChI is InChI=1S/C17H34O2Si2/c1-16(2,3)20(7,8)14(18)12-11-13-15(19-13)21(9,10)17(4,5)6/h11-13,15H,1-10H3/b12-11+. The van der Waals surface area contributed by atoms with Crippen molar-refractivity contribution >= 4 is 21.6 Å². The Bertz CT molecular complexity index is 437. The maximum Gasteiger partial charge on any atom is 0.137 e. The average Bonchev–Trinajstić information content (AvgIpc) is 3.02. The van der Waals surface area contributed by atoms with E-state index in [1.807, 2.05) is 12.2 Å². The predicted molar refractivity (Wildman–Crippen MR) is 97.2 cm³/mol. The second-order valence-corrected chi connectivity index (χ2v) is 20.3. The van der Waals surface area contributed by atoms with E-state index in [1.54, 1.807) is 0 Å². The van der Waals surface area contributed by atoms with E-state index in [0.717, 1.165) is 0 Å². The Morgan fingerprint density at radius 3 is 1.81 bits per heavy atom. The maximum atomic E-state index is 12.5. The fourth-order valence-electron chi connectivity index (χ4n) is 2.04. The third-order valence-corrected chi connectivity index (χ3v) is 17.0. The summed E-state index contributed by atoms with van der Waals surface area (Å²) in [6.45, 7) is 22.6. The Morgan fingerprint density at radius 1 is 0.952 bits per heavy atom. The minimum atomic E-state index is -1.92. The molecule has 2 atom stereocenters. The van der Waals surface area contributed by atoms with Crippen LogP contribution in [0.4, 0.5) is 0 Å². The Hall–Kier alpha value is -0.196. The molecular formula is C17H34O2Si2. The van der Waals surface area contributed by atoms with Gasteiger partial charge in [-0.05, 0) is 16.2 Å². The highest BCUT2D eigenvalue weighted by Crippen LogP contribution is 2.46. The van der Waals surface area contributed by atoms with Gasteiger partial charge in [-0.2, -0.15) is 0 Å². The number of hydrogen-bond donors (Lipinski definition) is 0. The number of allylic oxidation sites excluding steroid dienone is 1. The minimum absolute atomic E-state index is 0.0949. The molecule has 4 heteroatoms. The van der Waals surface area contributed by atoms with Crippen LogP contribution < -0.4 is 0 Å². The number of carbonyl (C=O) groups excluding carboxylic acids is 1. The van der Waals surface area contributed by atoms with Gasteiger partial charge in [0.25, 0.3) is 0 Å². The molecule has 0 radical (unpaired) electrons. The SMILES string of the molecule is CC(C)(C)[Si](C)(C)C(=O)/C=C/C1OC1[Si](C)(C)C(C)(C)C. The molecule has 1 aliphatic rings. The zero-order valence-electron chi connectivity index (χ0n) is 15.6. The van der Waals surface area contributed by atoms with Gasteiger partial charge in [0, 0.05) is 0 Å². The van der Waals surface area contributed by atoms with Crippen LogP contribution in [-0.4, -0.2) is 33.4 Å². The Labute approximate surface area is 133 Å². The lowest BCUT2D eigenvalue weighted by Gasteiger charge is -2.35. The zero-order valence-corrected chi connectivity index (χ0v) is 17.6. The highest BCUT2D eigenvalue weighted by atomic mass is 28.3. The lowest BCUT2D eigenvalue weighted by atomic mass is 10.2. The van der Waals surface area contributed by atoms with E-state index in [9.17, 15) is 4.79 Å². The Kier molecular flexibility index (Phi) is 4.90. The number of ether oxygens (including phenoxy) is 1. The summed E-state index contributed by atoms with van der Waals surface area (Å²) in [6, 6.07) is 0. The molecule has 0 saturated carbocycles. The van der Waals surface area contributed by atoms with Gasteiger partial charge in [-0.25, -0.2) is 0 Å². The van der Waals surface area contributed by atoms with Crippen molar-refractivity contribution in [3.63, 3.8) is 0 Å². The summed E-state index contributed by atoms with van der Waals surface area (Å²) in [5.74, 6) is 0. The average molecular weight is 327 g/mol. The van der Waals surface area contributed by atoms with Crippen LogP contribution in [-0.2, 0) is 9.53 Å². The first-order valence-electron chi connectivity index (χ1n) is 8.00. The normalized spacial score (nSPS) is 24.5. The zero-order chi connectivity index (χ0) is 16.9. The van der Waals surface area contributed by atoms with Crippen molar-refractivity contribution in [2.75, 3.05) is 0 Å². The molecule has 0 bridgehead atoms. The van der Waals surface area contributed by atoms with Crippen molar-refractivity contribution in [2.24, 2.45) is 0 Å². The smallest absolute Gasteiger partial charge is 0.137 e. The van der Waals surface area contributed by atoms with E-state index >= 15 is 0 Å². The van der Waals surface area contributed by atoms with E-state index in [-0.39, 0.29) is 11.1 Å². The van der Waals surface area contributed by atoms with E-state index in [0.29, 0.717) is 16.2 Å². The molecule has 21 heavy (non-hydrogen) atoms. The van der Waals surface area contributed by atoms with E-state index < -0.39 is 16.1 Å². The molecule has 0 aromatic heterocycles. The van der Waals surface area contributed by atoms with E-state index in [4.69, 9.17) is 4.74 Å². The van der Waals surface area contributed by atoms with Crippen molar-refractivity contribution in [3.05, 3.63) is 12.2 Å². The van der Waals surface area contributed by atoms with Crippen LogP contribution in [0.25, 0.3) is 0 Å². The lowest BCUT2D eigenvalue weighted by Crippen LogP contribution is -2.45. The first kappa shape index (κ1) is 18.9. The Balaban J connectivity index is 2.73. The van der Waals surface area contributed by atoms with Crippen LogP contribution in [0.2, 0.25) is 36.3 Å². The van der Waals surface area contributed by atoms with Gasteiger partial charge in [0.05, 0.1) is 19.9 Å². The van der Waals surface area contributed by atoms with Crippen LogP contribution >= 0.6 is 0 Å². The van der Waals surface area contributed by atoms with Crippen molar-refractivity contribution in [3.8, 4) is 0 Å². The minimum Gasteiger partial charge on any atom is -0.369 e. The Morgan fingerprint density at radius 2 is 1.43 bits per heavy atom. The second-order valence-electron chi connectivity index (χ2n) is 9.59. The molecule has 0 aromatic carbocycles. The second kappa shape index (κ2) is 5.46. The summed E-state index contributed by atoms with van der Waals surface area (Å²) in [4.78, 5) is 12.5. The van der Waals surface area contributed by atoms with Crippen molar-refractivity contribution in [1.29, 1.82) is 0 Å². The molecule has 2 unspecified atom stereocenters. The van der Waals surface area contributed by atoms with Gasteiger partial charge in [-0.1, -0.05) is 73.8 Å². The van der Waals surface area contributed by atoms with E-state index in [2.05, 4.69) is 67.7 Å². The molecule has 122 valence electrons. The quantitative estimate of drug-likeness (QED) is 0.414. The molecule has 0 spiro atoms. The fourth-order valence-corrected chi connectivity index (χ4v) is 5.57. The van der Waals surface area contributed by atoms with Crippen LogP contribution in [0.3, 0.4) is 0 Å². The van der Waals surface area contributed by atoms with Gasteiger partial charge < -0.3 is 9.53 Å². The topological polar surface area (TPSA) is 29.6 Å². The first-order chi connectivity index (χ1) is 9.12. The van der Waals surface area contributed by atoms with Crippen LogP contribution in [0.5, 0.6) is 0 Å². The monoisotopic (exact) mass is 326 g/mol. The third kappa shape index (κ3) is 3.77. The summed E-state index contributed by atoms with van der Waals surface area (Å²) in [6.07, 6.45) is 4.00. The molecule has 0 N–H and O–H groups in total. The molecule has 0 amide bonds. The molecule has 0 aliphatic carbocycles. The molecule has 2 nitrogen and oxygen atoms in total. The molecule has 1 aliphatic heterocycles. The predicted octanol–water partition coefficient (Wildman–Crippen LogP) is 4.97. The van der Waals surface area contributed by atoms with Crippen LogP contribution in [0.15, 0.2) is 12.2 Å². The van der Waals surface area contributed by atoms with Crippen molar-refractivity contribution in [1.82, 2.24) is 0 Å². The maximum absolute atomic E-state index is 12.5. The molecular weight excluding hydrogens is 292 g/mol. The molecule has 1 fully saturated rings. The highest BCUT2D eigenvalue weighted by Gasteiger charge is 2.55. The highest BCUT2D eigenvalue weighted by molar-refractivity contribution is 7.07. The fraction of sp³-hybridized carbons (Fsp3) is 0.824. The molecule has 1 rings (SSSR count). The van der Waals surface area contributed by atoms with Gasteiger partial charge in [0.15, 0.2) is 0 Å². The molecule has 1 saturated heterocycles. The summed E-state index contributed by atoms with van der Waals surface area (Å²) in [7, 11) is -3.38. The number of carbonyl (C=O) groups is 1. The first-order valence-corrected chi connectivity index (χ1v) is 14.1. The van der Waals surface area contributed by atoms with Gasteiger partial charge in [0.2, 0.25) is 0 Å². The van der Waals surface area contributed by atoms with Crippen LogP contribution in [0, 0.1) is 0 Å². The summed E-state index contributed by atoms with van der Waals surface area (Å²) in [5.41, 5.74) is 0.362. The van der Waals surface area contributed by atoms with Crippen LogP contribution in [0.1, 0.15) is 41.5 Å². The number of hydrogen-bond acceptors (Lipinski definition) is 2. The molecule has 0 aromatic rings. The van der Waals surface area contributed by atoms with Gasteiger partial charge >= 0.3 is 0 Å². The number of epoxide rings is 1. The summed E-state index contributed by atoms with van der Waals surface area (Å²) < 4.78 is 5.90.